The number of aryl methyl sites for hydroxylation is 1. The van der Waals surface area contributed by atoms with E-state index in [0.29, 0.717) is 12.2 Å². The Bertz CT molecular complexity index is 892. The topological polar surface area (TPSA) is 57.7 Å². The van der Waals surface area contributed by atoms with Crippen molar-refractivity contribution in [1.29, 1.82) is 0 Å². The van der Waals surface area contributed by atoms with Crippen molar-refractivity contribution in [2.24, 2.45) is 0 Å². The SMILES string of the molecule is CCc1ccc(N(CCC(=O)N2CCc3ccccc32)S(C)(=O)=O)cc1. The Morgan fingerprint density at radius 2 is 1.81 bits per heavy atom. The van der Waals surface area contributed by atoms with Gasteiger partial charge in [0.25, 0.3) is 0 Å². The number of fused-ring (bicyclic) bond motifs is 1. The lowest BCUT2D eigenvalue weighted by Crippen LogP contribution is -2.36. The van der Waals surface area contributed by atoms with Crippen LogP contribution in [0.1, 0.15) is 24.5 Å². The van der Waals surface area contributed by atoms with Crippen molar-refractivity contribution in [3.05, 3.63) is 59.7 Å². The summed E-state index contributed by atoms with van der Waals surface area (Å²) in [5.74, 6) is -0.0474. The van der Waals surface area contributed by atoms with Crippen molar-refractivity contribution in [2.75, 3.05) is 28.6 Å². The van der Waals surface area contributed by atoms with E-state index in [2.05, 4.69) is 6.92 Å². The van der Waals surface area contributed by atoms with Crippen LogP contribution < -0.4 is 9.21 Å². The summed E-state index contributed by atoms with van der Waals surface area (Å²) in [5, 5.41) is 0. The molecule has 2 aromatic rings. The summed E-state index contributed by atoms with van der Waals surface area (Å²) < 4.78 is 25.8. The summed E-state index contributed by atoms with van der Waals surface area (Å²) >= 11 is 0. The number of nitrogens with zero attached hydrogens (tertiary/aromatic N) is 2. The van der Waals surface area contributed by atoms with E-state index >= 15 is 0 Å². The van der Waals surface area contributed by atoms with Gasteiger partial charge in [-0.1, -0.05) is 37.3 Å². The number of anilines is 2. The van der Waals surface area contributed by atoms with Crippen molar-refractivity contribution in [3.8, 4) is 0 Å². The predicted octanol–water partition coefficient (Wildman–Crippen LogP) is 2.99. The van der Waals surface area contributed by atoms with Gasteiger partial charge in [-0.15, -0.1) is 0 Å². The smallest absolute Gasteiger partial charge is 0.232 e. The first-order chi connectivity index (χ1) is 12.4. The van der Waals surface area contributed by atoms with Gasteiger partial charge in [0.2, 0.25) is 15.9 Å². The lowest BCUT2D eigenvalue weighted by atomic mass is 10.1. The maximum atomic E-state index is 12.7. The highest BCUT2D eigenvalue weighted by molar-refractivity contribution is 7.92. The molecular weight excluding hydrogens is 348 g/mol. The van der Waals surface area contributed by atoms with E-state index in [1.54, 1.807) is 17.0 Å². The van der Waals surface area contributed by atoms with Crippen LogP contribution in [-0.4, -0.2) is 33.7 Å². The zero-order chi connectivity index (χ0) is 18.7. The van der Waals surface area contributed by atoms with Crippen LogP contribution in [0.3, 0.4) is 0 Å². The number of amides is 1. The Labute approximate surface area is 155 Å². The fraction of sp³-hybridized carbons (Fsp3) is 0.350. The van der Waals surface area contributed by atoms with E-state index in [-0.39, 0.29) is 18.9 Å². The minimum Gasteiger partial charge on any atom is -0.312 e. The second-order valence-corrected chi connectivity index (χ2v) is 8.44. The molecule has 138 valence electrons. The third-order valence-electron chi connectivity index (χ3n) is 4.75. The van der Waals surface area contributed by atoms with E-state index in [1.807, 2.05) is 36.4 Å². The maximum Gasteiger partial charge on any atom is 0.232 e. The number of carbonyl (C=O) groups is 1. The summed E-state index contributed by atoms with van der Waals surface area (Å²) in [6, 6.07) is 15.3. The fourth-order valence-electron chi connectivity index (χ4n) is 3.31. The van der Waals surface area contributed by atoms with Gasteiger partial charge in [-0.2, -0.15) is 0 Å². The molecule has 5 nitrogen and oxygen atoms in total. The first kappa shape index (κ1) is 18.5. The Morgan fingerprint density at radius 3 is 2.46 bits per heavy atom. The van der Waals surface area contributed by atoms with Gasteiger partial charge in [0.05, 0.1) is 11.9 Å². The Morgan fingerprint density at radius 1 is 1.12 bits per heavy atom. The van der Waals surface area contributed by atoms with Crippen molar-refractivity contribution in [3.63, 3.8) is 0 Å². The molecule has 0 spiro atoms. The van der Waals surface area contributed by atoms with Crippen molar-refractivity contribution < 1.29 is 13.2 Å². The number of rotatable bonds is 6. The molecular formula is C20H24N2O3S. The quantitative estimate of drug-likeness (QED) is 0.783. The highest BCUT2D eigenvalue weighted by Gasteiger charge is 2.26. The van der Waals surface area contributed by atoms with E-state index < -0.39 is 10.0 Å². The molecule has 0 aromatic heterocycles. The number of sulfonamides is 1. The zero-order valence-electron chi connectivity index (χ0n) is 15.2. The van der Waals surface area contributed by atoms with Gasteiger partial charge in [-0.25, -0.2) is 8.42 Å². The first-order valence-corrected chi connectivity index (χ1v) is 10.7. The lowest BCUT2D eigenvalue weighted by molar-refractivity contribution is -0.118. The van der Waals surface area contributed by atoms with Crippen LogP contribution in [0.5, 0.6) is 0 Å². The molecule has 3 rings (SSSR count). The third-order valence-corrected chi connectivity index (χ3v) is 5.94. The number of hydrogen-bond donors (Lipinski definition) is 0. The third kappa shape index (κ3) is 3.90. The van der Waals surface area contributed by atoms with Gasteiger partial charge >= 0.3 is 0 Å². The predicted molar refractivity (Wildman–Crippen MR) is 105 cm³/mol. The molecule has 26 heavy (non-hydrogen) atoms. The molecule has 0 fully saturated rings. The van der Waals surface area contributed by atoms with Crippen LogP contribution in [0, 0.1) is 0 Å². The molecule has 0 atom stereocenters. The summed E-state index contributed by atoms with van der Waals surface area (Å²) in [6.45, 7) is 2.85. The largest absolute Gasteiger partial charge is 0.312 e. The molecule has 0 N–H and O–H groups in total. The average molecular weight is 372 g/mol. The van der Waals surface area contributed by atoms with Gasteiger partial charge in [0.15, 0.2) is 0 Å². The lowest BCUT2D eigenvalue weighted by Gasteiger charge is -2.24. The average Bonchev–Trinajstić information content (AvgIpc) is 3.05. The van der Waals surface area contributed by atoms with Crippen LogP contribution in [0.25, 0.3) is 0 Å². The Balaban J connectivity index is 1.73. The number of carbonyl (C=O) groups excluding carboxylic acids is 1. The summed E-state index contributed by atoms with van der Waals surface area (Å²) in [4.78, 5) is 14.4. The monoisotopic (exact) mass is 372 g/mol. The van der Waals surface area contributed by atoms with E-state index in [0.717, 1.165) is 29.7 Å². The fourth-order valence-corrected chi connectivity index (χ4v) is 4.24. The Hall–Kier alpha value is -2.34. The number of benzene rings is 2. The minimum atomic E-state index is -3.45. The minimum absolute atomic E-state index is 0.0474. The Kier molecular flexibility index (Phi) is 5.32. The summed E-state index contributed by atoms with van der Waals surface area (Å²) in [5.41, 5.74) is 3.85. The maximum absolute atomic E-state index is 12.7. The molecule has 2 aromatic carbocycles. The second-order valence-electron chi connectivity index (χ2n) is 6.53. The molecule has 0 saturated carbocycles. The van der Waals surface area contributed by atoms with Crippen LogP contribution in [-0.2, 0) is 27.7 Å². The summed E-state index contributed by atoms with van der Waals surface area (Å²) in [6.07, 6.45) is 3.06. The van der Waals surface area contributed by atoms with Crippen LogP contribution in [0.15, 0.2) is 48.5 Å². The molecule has 6 heteroatoms. The number of hydrogen-bond acceptors (Lipinski definition) is 3. The van der Waals surface area contributed by atoms with Gasteiger partial charge in [0.1, 0.15) is 0 Å². The van der Waals surface area contributed by atoms with Gasteiger partial charge in [-0.3, -0.25) is 9.10 Å². The van der Waals surface area contributed by atoms with E-state index in [1.165, 1.54) is 10.6 Å². The zero-order valence-corrected chi connectivity index (χ0v) is 16.0. The van der Waals surface area contributed by atoms with Gasteiger partial charge < -0.3 is 4.90 Å². The van der Waals surface area contributed by atoms with Crippen LogP contribution in [0.2, 0.25) is 0 Å². The molecule has 1 aliphatic rings. The first-order valence-electron chi connectivity index (χ1n) is 8.85. The molecule has 1 amide bonds. The molecule has 1 aliphatic heterocycles. The summed E-state index contributed by atoms with van der Waals surface area (Å²) in [7, 11) is -3.45. The molecule has 0 unspecified atom stereocenters. The molecule has 0 aliphatic carbocycles. The second kappa shape index (κ2) is 7.50. The van der Waals surface area contributed by atoms with Crippen LogP contribution in [0.4, 0.5) is 11.4 Å². The molecule has 0 saturated heterocycles. The van der Waals surface area contributed by atoms with Gasteiger partial charge in [-0.05, 0) is 42.2 Å². The van der Waals surface area contributed by atoms with Crippen molar-refractivity contribution >= 4 is 27.3 Å². The highest BCUT2D eigenvalue weighted by Crippen LogP contribution is 2.28. The van der Waals surface area contributed by atoms with Crippen LogP contribution >= 0.6 is 0 Å². The molecule has 0 bridgehead atoms. The van der Waals surface area contributed by atoms with E-state index in [9.17, 15) is 13.2 Å². The molecule has 0 radical (unpaired) electrons. The normalized spacial score (nSPS) is 13.5. The van der Waals surface area contributed by atoms with E-state index in [4.69, 9.17) is 0 Å². The van der Waals surface area contributed by atoms with Crippen molar-refractivity contribution in [1.82, 2.24) is 0 Å². The standard InChI is InChI=1S/C20H24N2O3S/c1-3-16-8-10-18(11-9-16)22(26(2,24)25)15-13-20(23)21-14-12-17-6-4-5-7-19(17)21/h4-11H,3,12-15H2,1-2H3. The molecule has 1 heterocycles. The van der Waals surface area contributed by atoms with Crippen molar-refractivity contribution in [2.45, 2.75) is 26.2 Å². The highest BCUT2D eigenvalue weighted by atomic mass is 32.2. The number of para-hydroxylation sites is 1. The van der Waals surface area contributed by atoms with Gasteiger partial charge in [0, 0.05) is 25.2 Å².